The Morgan fingerprint density at radius 3 is 1.99 bits per heavy atom. The SMILES string of the molecule is CNCC(O)COc1cccc(-c2nc(-c3c(C)noc3C)cc(N3CC(C)NC(C4CC(N(C)c5nc(-c6cccc(OCC(O)CNC)c6)nc(-c6c(C)noc6C)c5C)CCO4)C3)n2)c1. The Labute approximate surface area is 397 Å². The summed E-state index contributed by atoms with van der Waals surface area (Å²) in [4.78, 5) is 25.3. The van der Waals surface area contributed by atoms with Gasteiger partial charge in [0, 0.05) is 74.7 Å². The van der Waals surface area contributed by atoms with Crippen LogP contribution < -0.4 is 35.2 Å². The molecule has 18 nitrogen and oxygen atoms in total. The molecule has 0 saturated carbocycles. The predicted octanol–water partition coefficient (Wildman–Crippen LogP) is 5.22. The van der Waals surface area contributed by atoms with Gasteiger partial charge >= 0.3 is 0 Å². The first-order chi connectivity index (χ1) is 32.8. The lowest BCUT2D eigenvalue weighted by atomic mass is 9.94. The summed E-state index contributed by atoms with van der Waals surface area (Å²) in [7, 11) is 5.70. The number of piperazine rings is 1. The third-order valence-corrected chi connectivity index (χ3v) is 12.7. The van der Waals surface area contributed by atoms with Gasteiger partial charge in [-0.15, -0.1) is 0 Å². The first-order valence-corrected chi connectivity index (χ1v) is 23.4. The Hall–Kier alpha value is -6.02. The summed E-state index contributed by atoms with van der Waals surface area (Å²) in [6.07, 6.45) is 0.141. The van der Waals surface area contributed by atoms with Crippen LogP contribution in [0.3, 0.4) is 0 Å². The molecule has 0 radical (unpaired) electrons. The molecule has 18 heteroatoms. The highest BCUT2D eigenvalue weighted by atomic mass is 16.5. The lowest BCUT2D eigenvalue weighted by Gasteiger charge is -2.45. The summed E-state index contributed by atoms with van der Waals surface area (Å²) in [5.41, 5.74) is 7.14. The van der Waals surface area contributed by atoms with Crippen LogP contribution in [-0.2, 0) is 4.74 Å². The highest BCUT2D eigenvalue weighted by molar-refractivity contribution is 5.75. The number of aryl methyl sites for hydroxylation is 4. The third kappa shape index (κ3) is 11.0. The number of anilines is 2. The topological polar surface area (TPSA) is 214 Å². The summed E-state index contributed by atoms with van der Waals surface area (Å²) in [5, 5.41) is 39.0. The summed E-state index contributed by atoms with van der Waals surface area (Å²) < 4.78 is 29.9. The second-order valence-corrected chi connectivity index (χ2v) is 18.1. The van der Waals surface area contributed by atoms with E-state index in [9.17, 15) is 10.2 Å². The van der Waals surface area contributed by atoms with Gasteiger partial charge < -0.3 is 59.2 Å². The molecular formula is C50H65N11O7. The van der Waals surface area contributed by atoms with Gasteiger partial charge in [0.15, 0.2) is 11.6 Å². The van der Waals surface area contributed by atoms with Crippen molar-refractivity contribution in [3.63, 3.8) is 0 Å². The van der Waals surface area contributed by atoms with Gasteiger partial charge in [-0.2, -0.15) is 0 Å². The number of ether oxygens (including phenoxy) is 3. The number of nitrogens with zero attached hydrogens (tertiary/aromatic N) is 8. The number of aliphatic hydroxyl groups excluding tert-OH is 2. The van der Waals surface area contributed by atoms with Crippen LogP contribution in [0.2, 0.25) is 0 Å². The van der Waals surface area contributed by atoms with Gasteiger partial charge in [0.2, 0.25) is 0 Å². The lowest BCUT2D eigenvalue weighted by molar-refractivity contribution is -0.0185. The van der Waals surface area contributed by atoms with Crippen LogP contribution >= 0.6 is 0 Å². The number of aromatic nitrogens is 6. The minimum atomic E-state index is -0.651. The van der Waals surface area contributed by atoms with Crippen LogP contribution in [0.5, 0.6) is 11.5 Å². The second kappa shape index (κ2) is 21.5. The van der Waals surface area contributed by atoms with E-state index in [1.807, 2.05) is 82.3 Å². The van der Waals surface area contributed by atoms with Crippen LogP contribution in [0.15, 0.2) is 63.6 Å². The summed E-state index contributed by atoms with van der Waals surface area (Å²) >= 11 is 0. The van der Waals surface area contributed by atoms with E-state index in [1.54, 1.807) is 14.1 Å². The van der Waals surface area contributed by atoms with Crippen LogP contribution in [-0.4, -0.2) is 144 Å². The third-order valence-electron chi connectivity index (χ3n) is 12.7. The van der Waals surface area contributed by atoms with Crippen molar-refractivity contribution < 1.29 is 33.5 Å². The first kappa shape index (κ1) is 48.4. The van der Waals surface area contributed by atoms with Gasteiger partial charge in [-0.1, -0.05) is 34.6 Å². The molecule has 2 fully saturated rings. The van der Waals surface area contributed by atoms with Gasteiger partial charge in [-0.05, 0) is 92.7 Å². The van der Waals surface area contributed by atoms with Crippen molar-refractivity contribution >= 4 is 11.6 Å². The molecule has 6 atom stereocenters. The van der Waals surface area contributed by atoms with Crippen molar-refractivity contribution in [2.75, 3.05) is 76.9 Å². The molecule has 0 bridgehead atoms. The number of likely N-dealkylation sites (N-methyl/N-ethyl adjacent to an activating group) is 2. The fourth-order valence-electron chi connectivity index (χ4n) is 9.31. The molecule has 2 aliphatic heterocycles. The molecule has 0 spiro atoms. The quantitative estimate of drug-likeness (QED) is 0.0747. The standard InChI is InChI=1S/C50H65N11O7/c1-28-24-61(44-21-41(45-30(3)58-67-32(45)5)54-48(55-44)34-12-10-14-39(18-34)65-26-37(62)22-51-7)25-42(53-28)43-20-36(16-17-64-43)60(9)50-29(2)47(46-31(4)59-68-33(46)6)56-49(57-50)35-13-11-15-40(19-35)66-27-38(63)23-52-8/h10-15,18-19,21,28,36-38,42-43,51-53,62-63H,16-17,20,22-27H2,1-9H3. The number of benzene rings is 2. The zero-order valence-corrected chi connectivity index (χ0v) is 40.5. The maximum absolute atomic E-state index is 10.3. The average Bonchev–Trinajstić information content (AvgIpc) is 3.87. The van der Waals surface area contributed by atoms with Gasteiger partial charge in [0.1, 0.15) is 60.1 Å². The van der Waals surface area contributed by atoms with Crippen molar-refractivity contribution in [1.82, 2.24) is 46.2 Å². The van der Waals surface area contributed by atoms with Crippen molar-refractivity contribution in [2.45, 2.75) is 90.8 Å². The minimum Gasteiger partial charge on any atom is -0.491 e. The van der Waals surface area contributed by atoms with E-state index in [0.717, 1.165) is 69.4 Å². The maximum atomic E-state index is 10.3. The lowest BCUT2D eigenvalue weighted by Crippen LogP contribution is -2.62. The Morgan fingerprint density at radius 2 is 1.40 bits per heavy atom. The van der Waals surface area contributed by atoms with Gasteiger partial charge in [-0.25, -0.2) is 19.9 Å². The minimum absolute atomic E-state index is 0.0223. The number of nitrogens with one attached hydrogen (secondary N) is 3. The number of rotatable bonds is 18. The Bertz CT molecular complexity index is 2620. The second-order valence-electron chi connectivity index (χ2n) is 18.1. The number of aliphatic hydroxyl groups is 2. The molecule has 8 rings (SSSR count). The molecule has 6 heterocycles. The van der Waals surface area contributed by atoms with Gasteiger partial charge in [0.05, 0.1) is 46.0 Å². The average molecular weight is 932 g/mol. The summed E-state index contributed by atoms with van der Waals surface area (Å²) in [6, 6.07) is 17.5. The molecule has 5 N–H and O–H groups in total. The van der Waals surface area contributed by atoms with Crippen molar-refractivity contribution in [2.24, 2.45) is 0 Å². The Morgan fingerprint density at radius 1 is 0.794 bits per heavy atom. The molecule has 2 aliphatic rings. The predicted molar refractivity (Wildman–Crippen MR) is 260 cm³/mol. The smallest absolute Gasteiger partial charge is 0.162 e. The molecule has 4 aromatic heterocycles. The van der Waals surface area contributed by atoms with Crippen molar-refractivity contribution in [1.29, 1.82) is 0 Å². The molecule has 362 valence electrons. The summed E-state index contributed by atoms with van der Waals surface area (Å²) in [5.74, 6) is 5.25. The number of hydrogen-bond donors (Lipinski definition) is 5. The first-order valence-electron chi connectivity index (χ1n) is 23.4. The Balaban J connectivity index is 1.07. The maximum Gasteiger partial charge on any atom is 0.162 e. The normalized spacial score (nSPS) is 19.5. The van der Waals surface area contributed by atoms with E-state index in [2.05, 4.69) is 57.0 Å². The zero-order chi connectivity index (χ0) is 48.1. The van der Waals surface area contributed by atoms with Crippen LogP contribution in [0.1, 0.15) is 48.2 Å². The van der Waals surface area contributed by atoms with E-state index in [0.29, 0.717) is 73.1 Å². The summed E-state index contributed by atoms with van der Waals surface area (Å²) in [6.45, 7) is 15.0. The van der Waals surface area contributed by atoms with Crippen molar-refractivity contribution in [3.05, 3.63) is 83.1 Å². The highest BCUT2D eigenvalue weighted by Crippen LogP contribution is 2.38. The van der Waals surface area contributed by atoms with E-state index in [4.69, 9.17) is 43.2 Å². The largest absolute Gasteiger partial charge is 0.491 e. The van der Waals surface area contributed by atoms with E-state index in [-0.39, 0.29) is 37.4 Å². The molecule has 0 amide bonds. The van der Waals surface area contributed by atoms with Crippen LogP contribution in [0.25, 0.3) is 45.3 Å². The van der Waals surface area contributed by atoms with Crippen molar-refractivity contribution in [3.8, 4) is 56.8 Å². The fraction of sp³-hybridized carbons (Fsp3) is 0.480. The highest BCUT2D eigenvalue weighted by Gasteiger charge is 2.37. The van der Waals surface area contributed by atoms with Crippen LogP contribution in [0, 0.1) is 34.6 Å². The molecule has 0 aliphatic carbocycles. The number of hydrogen-bond acceptors (Lipinski definition) is 18. The van der Waals surface area contributed by atoms with E-state index < -0.39 is 12.2 Å². The van der Waals surface area contributed by atoms with E-state index in [1.165, 1.54) is 0 Å². The van der Waals surface area contributed by atoms with Gasteiger partial charge in [0.25, 0.3) is 0 Å². The molecule has 2 saturated heterocycles. The van der Waals surface area contributed by atoms with Crippen LogP contribution in [0.4, 0.5) is 11.6 Å². The zero-order valence-electron chi connectivity index (χ0n) is 40.5. The fourth-order valence-corrected chi connectivity index (χ4v) is 9.31. The molecule has 6 aromatic rings. The molecular weight excluding hydrogens is 867 g/mol. The van der Waals surface area contributed by atoms with Gasteiger partial charge in [-0.3, -0.25) is 0 Å². The van der Waals surface area contributed by atoms with E-state index >= 15 is 0 Å². The molecule has 68 heavy (non-hydrogen) atoms. The molecule has 2 aromatic carbocycles. The Kier molecular flexibility index (Phi) is 15.3. The monoisotopic (exact) mass is 932 g/mol. The molecule has 6 unspecified atom stereocenters.